The van der Waals surface area contributed by atoms with E-state index in [-0.39, 0.29) is 0 Å². The Morgan fingerprint density at radius 3 is 2.67 bits per heavy atom. The fourth-order valence-corrected chi connectivity index (χ4v) is 2.05. The molecule has 0 bridgehead atoms. The van der Waals surface area contributed by atoms with Gasteiger partial charge in [0.2, 0.25) is 0 Å². The first-order chi connectivity index (χ1) is 8.83. The normalized spacial score (nSPS) is 14.5. The van der Waals surface area contributed by atoms with Gasteiger partial charge in [-0.25, -0.2) is 9.97 Å². The van der Waals surface area contributed by atoms with Crippen LogP contribution >= 0.6 is 0 Å². The van der Waals surface area contributed by atoms with Gasteiger partial charge in [0.1, 0.15) is 11.6 Å². The second kappa shape index (κ2) is 4.77. The molecule has 0 unspecified atom stereocenters. The molecule has 1 aliphatic rings. The lowest BCUT2D eigenvalue weighted by molar-refractivity contribution is 0.854. The lowest BCUT2D eigenvalue weighted by Gasteiger charge is -2.18. The van der Waals surface area contributed by atoms with Gasteiger partial charge in [0, 0.05) is 25.7 Å². The molecule has 0 spiro atoms. The Labute approximate surface area is 108 Å². The molecule has 1 saturated carbocycles. The van der Waals surface area contributed by atoms with E-state index in [2.05, 4.69) is 46.2 Å². The van der Waals surface area contributed by atoms with E-state index in [4.69, 9.17) is 0 Å². The molecule has 0 radical (unpaired) electrons. The van der Waals surface area contributed by atoms with E-state index in [1.807, 2.05) is 18.3 Å². The van der Waals surface area contributed by atoms with Crippen molar-refractivity contribution in [2.45, 2.75) is 25.3 Å². The molecule has 1 aromatic heterocycles. The van der Waals surface area contributed by atoms with Gasteiger partial charge in [-0.3, -0.25) is 0 Å². The highest BCUT2D eigenvalue weighted by atomic mass is 15.2. The van der Waals surface area contributed by atoms with Crippen molar-refractivity contribution in [3.63, 3.8) is 0 Å². The standard InChI is InChI=1S/C15H17N3/c1-18(11-12-5-3-2-4-6-12)14-9-10-16-15(17-14)13-7-8-13/h2-6,9-10,13H,7-8,11H2,1H3. The predicted molar refractivity (Wildman–Crippen MR) is 72.6 cm³/mol. The predicted octanol–water partition coefficient (Wildman–Crippen LogP) is 2.99. The zero-order valence-electron chi connectivity index (χ0n) is 10.6. The van der Waals surface area contributed by atoms with Crippen LogP contribution < -0.4 is 4.90 Å². The maximum atomic E-state index is 4.65. The van der Waals surface area contributed by atoms with Gasteiger partial charge in [-0.05, 0) is 24.5 Å². The maximum absolute atomic E-state index is 4.65. The quantitative estimate of drug-likeness (QED) is 0.821. The Morgan fingerprint density at radius 2 is 1.94 bits per heavy atom. The molecule has 2 aromatic rings. The molecule has 3 heteroatoms. The van der Waals surface area contributed by atoms with Crippen molar-refractivity contribution < 1.29 is 0 Å². The topological polar surface area (TPSA) is 29.0 Å². The monoisotopic (exact) mass is 239 g/mol. The van der Waals surface area contributed by atoms with Crippen LogP contribution in [0.1, 0.15) is 30.1 Å². The van der Waals surface area contributed by atoms with E-state index in [1.165, 1.54) is 18.4 Å². The molecule has 92 valence electrons. The molecule has 3 rings (SSSR count). The SMILES string of the molecule is CN(Cc1ccccc1)c1ccnc(C2CC2)n1. The largest absolute Gasteiger partial charge is 0.355 e. The Hall–Kier alpha value is -1.90. The molecule has 0 amide bonds. The van der Waals surface area contributed by atoms with Crippen LogP contribution in [0.2, 0.25) is 0 Å². The number of aromatic nitrogens is 2. The summed E-state index contributed by atoms with van der Waals surface area (Å²) >= 11 is 0. The average Bonchev–Trinajstić information content (AvgIpc) is 3.24. The highest BCUT2D eigenvalue weighted by molar-refractivity contribution is 5.38. The van der Waals surface area contributed by atoms with Crippen LogP contribution in [0.15, 0.2) is 42.6 Å². The molecule has 0 aliphatic heterocycles. The van der Waals surface area contributed by atoms with Gasteiger partial charge in [0.25, 0.3) is 0 Å². The molecule has 0 saturated heterocycles. The van der Waals surface area contributed by atoms with Crippen molar-refractivity contribution >= 4 is 5.82 Å². The summed E-state index contributed by atoms with van der Waals surface area (Å²) in [6, 6.07) is 12.4. The van der Waals surface area contributed by atoms with Crippen LogP contribution in [0.5, 0.6) is 0 Å². The Balaban J connectivity index is 1.75. The highest BCUT2D eigenvalue weighted by Gasteiger charge is 2.26. The summed E-state index contributed by atoms with van der Waals surface area (Å²) in [4.78, 5) is 11.2. The fourth-order valence-electron chi connectivity index (χ4n) is 2.05. The maximum Gasteiger partial charge on any atom is 0.133 e. The molecule has 0 N–H and O–H groups in total. The van der Waals surface area contributed by atoms with Crippen LogP contribution in [0.25, 0.3) is 0 Å². The third-order valence-electron chi connectivity index (χ3n) is 3.26. The third kappa shape index (κ3) is 2.50. The first-order valence-corrected chi connectivity index (χ1v) is 6.41. The van der Waals surface area contributed by atoms with Gasteiger partial charge in [-0.15, -0.1) is 0 Å². The molecule has 18 heavy (non-hydrogen) atoms. The van der Waals surface area contributed by atoms with E-state index >= 15 is 0 Å². The molecule has 1 fully saturated rings. The number of hydrogen-bond donors (Lipinski definition) is 0. The number of anilines is 1. The van der Waals surface area contributed by atoms with Crippen LogP contribution in [0.3, 0.4) is 0 Å². The van der Waals surface area contributed by atoms with E-state index in [0.29, 0.717) is 5.92 Å². The summed E-state index contributed by atoms with van der Waals surface area (Å²) in [5.41, 5.74) is 1.30. The minimum Gasteiger partial charge on any atom is -0.355 e. The zero-order valence-corrected chi connectivity index (χ0v) is 10.6. The van der Waals surface area contributed by atoms with Crippen molar-refractivity contribution in [2.24, 2.45) is 0 Å². The molecular formula is C15H17N3. The minimum absolute atomic E-state index is 0.607. The van der Waals surface area contributed by atoms with Gasteiger partial charge in [-0.2, -0.15) is 0 Å². The van der Waals surface area contributed by atoms with Crippen molar-refractivity contribution in [3.8, 4) is 0 Å². The number of rotatable bonds is 4. The van der Waals surface area contributed by atoms with Crippen LogP contribution in [-0.4, -0.2) is 17.0 Å². The van der Waals surface area contributed by atoms with Gasteiger partial charge in [0.05, 0.1) is 0 Å². The second-order valence-electron chi connectivity index (χ2n) is 4.89. The second-order valence-corrected chi connectivity index (χ2v) is 4.89. The number of benzene rings is 1. The van der Waals surface area contributed by atoms with Crippen molar-refractivity contribution in [1.29, 1.82) is 0 Å². The minimum atomic E-state index is 0.607. The van der Waals surface area contributed by atoms with Crippen molar-refractivity contribution in [3.05, 3.63) is 54.0 Å². The Kier molecular flexibility index (Phi) is 2.97. The van der Waals surface area contributed by atoms with Gasteiger partial charge in [-0.1, -0.05) is 30.3 Å². The van der Waals surface area contributed by atoms with E-state index in [9.17, 15) is 0 Å². The van der Waals surface area contributed by atoms with Crippen molar-refractivity contribution in [2.75, 3.05) is 11.9 Å². The fraction of sp³-hybridized carbons (Fsp3) is 0.333. The molecule has 1 aromatic carbocycles. The third-order valence-corrected chi connectivity index (χ3v) is 3.26. The Morgan fingerprint density at radius 1 is 1.17 bits per heavy atom. The summed E-state index contributed by atoms with van der Waals surface area (Å²) in [6.45, 7) is 0.877. The molecule has 1 heterocycles. The summed E-state index contributed by atoms with van der Waals surface area (Å²) in [7, 11) is 2.08. The number of hydrogen-bond acceptors (Lipinski definition) is 3. The molecular weight excluding hydrogens is 222 g/mol. The van der Waals surface area contributed by atoms with Crippen molar-refractivity contribution in [1.82, 2.24) is 9.97 Å². The summed E-state index contributed by atoms with van der Waals surface area (Å²) in [5, 5.41) is 0. The van der Waals surface area contributed by atoms with Crippen LogP contribution in [-0.2, 0) is 6.54 Å². The molecule has 0 atom stereocenters. The van der Waals surface area contributed by atoms with E-state index < -0.39 is 0 Å². The average molecular weight is 239 g/mol. The van der Waals surface area contributed by atoms with E-state index in [0.717, 1.165) is 18.2 Å². The molecule has 3 nitrogen and oxygen atoms in total. The van der Waals surface area contributed by atoms with E-state index in [1.54, 1.807) is 0 Å². The highest BCUT2D eigenvalue weighted by Crippen LogP contribution is 2.38. The Bertz CT molecular complexity index is 520. The van der Waals surface area contributed by atoms with Crippen LogP contribution in [0.4, 0.5) is 5.82 Å². The lowest BCUT2D eigenvalue weighted by atomic mass is 10.2. The van der Waals surface area contributed by atoms with Gasteiger partial charge >= 0.3 is 0 Å². The summed E-state index contributed by atoms with van der Waals surface area (Å²) in [6.07, 6.45) is 4.36. The van der Waals surface area contributed by atoms with Gasteiger partial charge < -0.3 is 4.90 Å². The molecule has 1 aliphatic carbocycles. The van der Waals surface area contributed by atoms with Crippen LogP contribution in [0, 0.1) is 0 Å². The number of nitrogens with zero attached hydrogens (tertiary/aromatic N) is 3. The zero-order chi connectivity index (χ0) is 12.4. The first-order valence-electron chi connectivity index (χ1n) is 6.41. The van der Waals surface area contributed by atoms with Gasteiger partial charge in [0.15, 0.2) is 0 Å². The summed E-state index contributed by atoms with van der Waals surface area (Å²) < 4.78 is 0. The summed E-state index contributed by atoms with van der Waals surface area (Å²) in [5.74, 6) is 2.62. The lowest BCUT2D eigenvalue weighted by Crippen LogP contribution is -2.18. The first kappa shape index (κ1) is 11.2. The smallest absolute Gasteiger partial charge is 0.133 e.